The average Bonchev–Trinajstić information content (AvgIpc) is 2.83. The lowest BCUT2D eigenvalue weighted by molar-refractivity contribution is -0.148. The molecular weight excluding hydrogens is 260 g/mol. The molecule has 1 rings (SSSR count). The lowest BCUT2D eigenvalue weighted by Crippen LogP contribution is -2.42. The van der Waals surface area contributed by atoms with Crippen LogP contribution in [-0.2, 0) is 9.53 Å². The Morgan fingerprint density at radius 3 is 2.65 bits per heavy atom. The van der Waals surface area contributed by atoms with Crippen molar-refractivity contribution in [3.8, 4) is 0 Å². The van der Waals surface area contributed by atoms with Gasteiger partial charge in [-0.15, -0.1) is 0 Å². The molecule has 1 heterocycles. The number of hydrogen-bond acceptors (Lipinski definition) is 3. The van der Waals surface area contributed by atoms with E-state index in [9.17, 15) is 14.7 Å². The van der Waals surface area contributed by atoms with E-state index in [1.807, 2.05) is 6.92 Å². The lowest BCUT2D eigenvalue weighted by Gasteiger charge is -2.23. The first-order valence-corrected chi connectivity index (χ1v) is 7.25. The number of amides is 2. The number of ether oxygens (including phenoxy) is 1. The Morgan fingerprint density at radius 2 is 2.15 bits per heavy atom. The van der Waals surface area contributed by atoms with E-state index < -0.39 is 11.4 Å². The van der Waals surface area contributed by atoms with Crippen LogP contribution in [-0.4, -0.2) is 54.9 Å². The molecule has 0 bridgehead atoms. The van der Waals surface area contributed by atoms with Crippen molar-refractivity contribution < 1.29 is 19.4 Å². The van der Waals surface area contributed by atoms with Gasteiger partial charge in [0.2, 0.25) is 0 Å². The van der Waals surface area contributed by atoms with E-state index in [1.54, 1.807) is 4.90 Å². The average molecular weight is 286 g/mol. The van der Waals surface area contributed by atoms with E-state index in [0.717, 1.165) is 0 Å². The van der Waals surface area contributed by atoms with Crippen molar-refractivity contribution in [1.82, 2.24) is 10.2 Å². The summed E-state index contributed by atoms with van der Waals surface area (Å²) in [6, 6.07) is -0.199. The van der Waals surface area contributed by atoms with Crippen molar-refractivity contribution in [3.05, 3.63) is 0 Å². The maximum absolute atomic E-state index is 11.9. The molecule has 1 aliphatic rings. The highest BCUT2D eigenvalue weighted by atomic mass is 16.5. The van der Waals surface area contributed by atoms with Crippen LogP contribution in [0.2, 0.25) is 0 Å². The van der Waals surface area contributed by atoms with E-state index in [2.05, 4.69) is 19.2 Å². The van der Waals surface area contributed by atoms with Gasteiger partial charge in [-0.25, -0.2) is 4.79 Å². The van der Waals surface area contributed by atoms with Gasteiger partial charge in [0.05, 0.1) is 12.0 Å². The van der Waals surface area contributed by atoms with Gasteiger partial charge in [-0.05, 0) is 18.8 Å². The van der Waals surface area contributed by atoms with Gasteiger partial charge in [-0.3, -0.25) is 4.79 Å². The lowest BCUT2D eigenvalue weighted by atomic mass is 9.84. The van der Waals surface area contributed by atoms with Crippen LogP contribution in [0, 0.1) is 11.3 Å². The molecule has 1 fully saturated rings. The number of nitrogens with one attached hydrogen (secondary N) is 1. The first-order chi connectivity index (χ1) is 9.41. The number of nitrogens with zero attached hydrogens (tertiary/aromatic N) is 1. The van der Waals surface area contributed by atoms with Gasteiger partial charge in [0, 0.05) is 26.2 Å². The van der Waals surface area contributed by atoms with Crippen LogP contribution in [0.3, 0.4) is 0 Å². The first-order valence-electron chi connectivity index (χ1n) is 7.25. The van der Waals surface area contributed by atoms with E-state index >= 15 is 0 Å². The maximum atomic E-state index is 11.9. The zero-order chi connectivity index (χ0) is 15.2. The van der Waals surface area contributed by atoms with Crippen molar-refractivity contribution in [1.29, 1.82) is 0 Å². The summed E-state index contributed by atoms with van der Waals surface area (Å²) < 4.78 is 5.38. The SMILES string of the molecule is CCC1(C(=O)O)CCN(C(=O)NCCOCC(C)C)C1. The van der Waals surface area contributed by atoms with Crippen molar-refractivity contribution in [2.24, 2.45) is 11.3 Å². The summed E-state index contributed by atoms with van der Waals surface area (Å²) in [6.07, 6.45) is 1.07. The van der Waals surface area contributed by atoms with Gasteiger partial charge >= 0.3 is 12.0 Å². The Morgan fingerprint density at radius 1 is 1.45 bits per heavy atom. The van der Waals surface area contributed by atoms with Crippen LogP contribution < -0.4 is 5.32 Å². The fourth-order valence-electron chi connectivity index (χ4n) is 2.32. The first kappa shape index (κ1) is 16.8. The predicted molar refractivity (Wildman–Crippen MR) is 75.6 cm³/mol. The molecule has 2 amide bonds. The molecule has 0 aromatic rings. The number of carbonyl (C=O) groups is 2. The number of hydrogen-bond donors (Lipinski definition) is 2. The molecule has 0 aromatic heterocycles. The number of likely N-dealkylation sites (tertiary alicyclic amines) is 1. The van der Waals surface area contributed by atoms with Crippen LogP contribution in [0.5, 0.6) is 0 Å². The summed E-state index contributed by atoms with van der Waals surface area (Å²) in [4.78, 5) is 24.8. The molecule has 6 heteroatoms. The standard InChI is InChI=1S/C14H26N2O4/c1-4-14(12(17)18)5-7-16(10-14)13(19)15-6-8-20-9-11(2)3/h11H,4-10H2,1-3H3,(H,15,19)(H,17,18). The molecule has 116 valence electrons. The molecule has 2 N–H and O–H groups in total. The second-order valence-corrected chi connectivity index (χ2v) is 5.81. The topological polar surface area (TPSA) is 78.9 Å². The molecule has 1 saturated heterocycles. The molecule has 6 nitrogen and oxygen atoms in total. The maximum Gasteiger partial charge on any atom is 0.317 e. The quantitative estimate of drug-likeness (QED) is 0.696. The largest absolute Gasteiger partial charge is 0.481 e. The van der Waals surface area contributed by atoms with E-state index in [1.165, 1.54) is 0 Å². The third-order valence-corrected chi connectivity index (χ3v) is 3.75. The van der Waals surface area contributed by atoms with Gasteiger partial charge in [-0.1, -0.05) is 20.8 Å². The highest BCUT2D eigenvalue weighted by Gasteiger charge is 2.44. The van der Waals surface area contributed by atoms with Crippen LogP contribution in [0.15, 0.2) is 0 Å². The molecule has 1 atom stereocenters. The molecular formula is C14H26N2O4. The summed E-state index contributed by atoms with van der Waals surface area (Å²) in [5.74, 6) is -0.333. The summed E-state index contributed by atoms with van der Waals surface area (Å²) in [6.45, 7) is 8.39. The van der Waals surface area contributed by atoms with Crippen LogP contribution in [0.25, 0.3) is 0 Å². The van der Waals surface area contributed by atoms with Crippen LogP contribution in [0.4, 0.5) is 4.79 Å². The van der Waals surface area contributed by atoms with E-state index in [0.29, 0.717) is 45.1 Å². The second-order valence-electron chi connectivity index (χ2n) is 5.81. The van der Waals surface area contributed by atoms with Crippen molar-refractivity contribution in [3.63, 3.8) is 0 Å². The number of urea groups is 1. The Bertz CT molecular complexity index is 346. The number of rotatable bonds is 7. The third kappa shape index (κ3) is 4.37. The Balaban J connectivity index is 2.30. The zero-order valence-electron chi connectivity index (χ0n) is 12.6. The molecule has 0 aromatic carbocycles. The minimum absolute atomic E-state index is 0.199. The van der Waals surface area contributed by atoms with Gasteiger partial charge in [0.25, 0.3) is 0 Å². The monoisotopic (exact) mass is 286 g/mol. The minimum atomic E-state index is -0.810. The van der Waals surface area contributed by atoms with Crippen molar-refractivity contribution in [2.75, 3.05) is 32.8 Å². The number of carbonyl (C=O) groups excluding carboxylic acids is 1. The summed E-state index contributed by atoms with van der Waals surface area (Å²) >= 11 is 0. The van der Waals surface area contributed by atoms with E-state index in [4.69, 9.17) is 4.74 Å². The number of aliphatic carboxylic acids is 1. The minimum Gasteiger partial charge on any atom is -0.481 e. The predicted octanol–water partition coefficient (Wildman–Crippen LogP) is 1.56. The van der Waals surface area contributed by atoms with Crippen molar-refractivity contribution >= 4 is 12.0 Å². The smallest absolute Gasteiger partial charge is 0.317 e. The molecule has 0 aliphatic carbocycles. The van der Waals surface area contributed by atoms with Gasteiger partial charge in [0.1, 0.15) is 0 Å². The van der Waals surface area contributed by atoms with Crippen LogP contribution in [0.1, 0.15) is 33.6 Å². The fraction of sp³-hybridized carbons (Fsp3) is 0.857. The summed E-state index contributed by atoms with van der Waals surface area (Å²) in [5, 5.41) is 12.1. The van der Waals surface area contributed by atoms with Gasteiger partial charge in [-0.2, -0.15) is 0 Å². The normalized spacial score (nSPS) is 22.3. The Hall–Kier alpha value is -1.30. The van der Waals surface area contributed by atoms with E-state index in [-0.39, 0.29) is 12.6 Å². The molecule has 20 heavy (non-hydrogen) atoms. The van der Waals surface area contributed by atoms with Gasteiger partial charge in [0.15, 0.2) is 0 Å². The van der Waals surface area contributed by atoms with Gasteiger partial charge < -0.3 is 20.1 Å². The molecule has 0 saturated carbocycles. The second kappa shape index (κ2) is 7.47. The summed E-state index contributed by atoms with van der Waals surface area (Å²) in [5.41, 5.74) is -0.772. The molecule has 1 aliphatic heterocycles. The summed E-state index contributed by atoms with van der Waals surface area (Å²) in [7, 11) is 0. The highest BCUT2D eigenvalue weighted by Crippen LogP contribution is 2.34. The van der Waals surface area contributed by atoms with Crippen LogP contribution >= 0.6 is 0 Å². The zero-order valence-corrected chi connectivity index (χ0v) is 12.6. The third-order valence-electron chi connectivity index (χ3n) is 3.75. The Labute approximate surface area is 120 Å². The molecule has 0 spiro atoms. The fourth-order valence-corrected chi connectivity index (χ4v) is 2.32. The molecule has 1 unspecified atom stereocenters. The highest BCUT2D eigenvalue weighted by molar-refractivity contribution is 5.79. The molecule has 0 radical (unpaired) electrons. The number of carboxylic acid groups (broad SMARTS) is 1. The number of carboxylic acids is 1. The Kier molecular flexibility index (Phi) is 6.26. The van der Waals surface area contributed by atoms with Crippen molar-refractivity contribution in [2.45, 2.75) is 33.6 Å².